The van der Waals surface area contributed by atoms with E-state index in [0.717, 1.165) is 6.07 Å². The summed E-state index contributed by atoms with van der Waals surface area (Å²) in [4.78, 5) is 0. The lowest BCUT2D eigenvalue weighted by Crippen LogP contribution is -2.06. The fraction of sp³-hybridized carbons (Fsp3) is 0.143. The van der Waals surface area contributed by atoms with Crippen molar-refractivity contribution in [2.24, 2.45) is 0 Å². The molecule has 2 aromatic rings. The third-order valence-electron chi connectivity index (χ3n) is 2.84. The summed E-state index contributed by atoms with van der Waals surface area (Å²) in [5, 5.41) is 10.3. The highest BCUT2D eigenvalue weighted by atomic mass is 79.9. The van der Waals surface area contributed by atoms with Gasteiger partial charge in [0.25, 0.3) is 0 Å². The maximum Gasteiger partial charge on any atom is 0.143 e. The monoisotopic (exact) mass is 406 g/mol. The number of aliphatic hydroxyl groups is 1. The normalized spacial score (nSPS) is 12.3. The predicted molar refractivity (Wildman–Crippen MR) is 78.8 cm³/mol. The molecular formula is C14H10Br2F2O2. The lowest BCUT2D eigenvalue weighted by Gasteiger charge is -2.17. The van der Waals surface area contributed by atoms with Gasteiger partial charge >= 0.3 is 0 Å². The number of hydrogen-bond donors (Lipinski definition) is 1. The van der Waals surface area contributed by atoms with Crippen LogP contribution in [0.3, 0.4) is 0 Å². The van der Waals surface area contributed by atoms with Gasteiger partial charge in [-0.1, -0.05) is 12.1 Å². The van der Waals surface area contributed by atoms with Crippen LogP contribution in [0.2, 0.25) is 0 Å². The van der Waals surface area contributed by atoms with E-state index in [1.54, 1.807) is 6.07 Å². The van der Waals surface area contributed by atoms with E-state index in [1.807, 2.05) is 0 Å². The van der Waals surface area contributed by atoms with Crippen LogP contribution in [0.15, 0.2) is 39.3 Å². The number of hydrogen-bond acceptors (Lipinski definition) is 2. The van der Waals surface area contributed by atoms with Crippen LogP contribution < -0.4 is 4.74 Å². The van der Waals surface area contributed by atoms with Crippen molar-refractivity contribution in [2.75, 3.05) is 7.11 Å². The molecule has 0 fully saturated rings. The molecule has 20 heavy (non-hydrogen) atoms. The largest absolute Gasteiger partial charge is 0.496 e. The van der Waals surface area contributed by atoms with Gasteiger partial charge in [0, 0.05) is 17.2 Å². The Labute approximate surface area is 131 Å². The Balaban J connectivity index is 2.55. The first-order valence-corrected chi connectivity index (χ1v) is 7.19. The fourth-order valence-electron chi connectivity index (χ4n) is 1.83. The van der Waals surface area contributed by atoms with E-state index in [9.17, 15) is 13.9 Å². The van der Waals surface area contributed by atoms with Crippen LogP contribution >= 0.6 is 31.9 Å². The second-order valence-corrected chi connectivity index (χ2v) is 5.76. The molecule has 0 spiro atoms. The average Bonchev–Trinajstić information content (AvgIpc) is 2.43. The van der Waals surface area contributed by atoms with Gasteiger partial charge in [-0.25, -0.2) is 8.78 Å². The Morgan fingerprint density at radius 2 is 1.80 bits per heavy atom. The van der Waals surface area contributed by atoms with Gasteiger partial charge in [0.1, 0.15) is 23.5 Å². The van der Waals surface area contributed by atoms with Gasteiger partial charge < -0.3 is 9.84 Å². The lowest BCUT2D eigenvalue weighted by atomic mass is 10.00. The highest BCUT2D eigenvalue weighted by Gasteiger charge is 2.21. The van der Waals surface area contributed by atoms with Crippen molar-refractivity contribution >= 4 is 31.9 Å². The van der Waals surface area contributed by atoms with Gasteiger partial charge in [0.15, 0.2) is 0 Å². The molecule has 0 amide bonds. The molecule has 0 bridgehead atoms. The molecule has 1 unspecified atom stereocenters. The summed E-state index contributed by atoms with van der Waals surface area (Å²) in [6.45, 7) is 0. The first-order chi connectivity index (χ1) is 9.45. The highest BCUT2D eigenvalue weighted by Crippen LogP contribution is 2.36. The summed E-state index contributed by atoms with van der Waals surface area (Å²) in [5.41, 5.74) is 0.356. The van der Waals surface area contributed by atoms with Crippen LogP contribution in [0.25, 0.3) is 0 Å². The van der Waals surface area contributed by atoms with Crippen molar-refractivity contribution in [3.05, 3.63) is 62.0 Å². The van der Waals surface area contributed by atoms with Crippen molar-refractivity contribution in [3.8, 4) is 5.75 Å². The molecule has 2 rings (SSSR count). The summed E-state index contributed by atoms with van der Waals surface area (Å²) in [6, 6.07) is 7.11. The van der Waals surface area contributed by atoms with Crippen molar-refractivity contribution in [1.29, 1.82) is 0 Å². The first kappa shape index (κ1) is 15.4. The van der Waals surface area contributed by atoms with Gasteiger partial charge in [0.05, 0.1) is 16.1 Å². The van der Waals surface area contributed by atoms with E-state index in [2.05, 4.69) is 31.9 Å². The van der Waals surface area contributed by atoms with Crippen LogP contribution in [-0.4, -0.2) is 12.2 Å². The topological polar surface area (TPSA) is 29.5 Å². The number of aliphatic hydroxyl groups excluding tert-OH is 1. The molecule has 0 heterocycles. The molecule has 0 aliphatic heterocycles. The van der Waals surface area contributed by atoms with Gasteiger partial charge in [0.2, 0.25) is 0 Å². The third-order valence-corrected chi connectivity index (χ3v) is 4.06. The number of ether oxygens (including phenoxy) is 1. The summed E-state index contributed by atoms with van der Waals surface area (Å²) in [5.74, 6) is -0.937. The summed E-state index contributed by atoms with van der Waals surface area (Å²) in [6.07, 6.45) is -1.26. The smallest absolute Gasteiger partial charge is 0.143 e. The summed E-state index contributed by atoms with van der Waals surface area (Å²) >= 11 is 6.10. The number of methoxy groups -OCH3 is 1. The molecule has 1 N–H and O–H groups in total. The maximum atomic E-state index is 14.0. The Hall–Kier alpha value is -0.980. The Morgan fingerprint density at radius 3 is 2.45 bits per heavy atom. The molecule has 0 saturated carbocycles. The van der Waals surface area contributed by atoms with Crippen LogP contribution in [0.1, 0.15) is 17.2 Å². The van der Waals surface area contributed by atoms with Crippen LogP contribution in [0, 0.1) is 11.6 Å². The average molecular weight is 408 g/mol. The van der Waals surface area contributed by atoms with Gasteiger partial charge in [-0.05, 0) is 44.0 Å². The number of halogens is 4. The zero-order valence-corrected chi connectivity index (χ0v) is 13.5. The molecule has 106 valence electrons. The van der Waals surface area contributed by atoms with E-state index >= 15 is 0 Å². The lowest BCUT2D eigenvalue weighted by molar-refractivity contribution is 0.209. The van der Waals surface area contributed by atoms with Crippen molar-refractivity contribution < 1.29 is 18.6 Å². The van der Waals surface area contributed by atoms with Gasteiger partial charge in [-0.2, -0.15) is 0 Å². The summed E-state index contributed by atoms with van der Waals surface area (Å²) in [7, 11) is 1.36. The van der Waals surface area contributed by atoms with E-state index in [1.165, 1.54) is 25.3 Å². The second kappa shape index (κ2) is 6.20. The second-order valence-electron chi connectivity index (χ2n) is 4.05. The van der Waals surface area contributed by atoms with Crippen molar-refractivity contribution in [2.45, 2.75) is 6.10 Å². The van der Waals surface area contributed by atoms with Crippen LogP contribution in [0.5, 0.6) is 5.75 Å². The Bertz CT molecular complexity index is 647. The van der Waals surface area contributed by atoms with Gasteiger partial charge in [-0.15, -0.1) is 0 Å². The Morgan fingerprint density at radius 1 is 1.10 bits per heavy atom. The molecule has 0 aliphatic carbocycles. The molecule has 6 heteroatoms. The molecule has 2 nitrogen and oxygen atoms in total. The van der Waals surface area contributed by atoms with Crippen molar-refractivity contribution in [1.82, 2.24) is 0 Å². The first-order valence-electron chi connectivity index (χ1n) is 5.60. The van der Waals surface area contributed by atoms with Crippen LogP contribution in [0.4, 0.5) is 8.78 Å². The molecular weight excluding hydrogens is 398 g/mol. The highest BCUT2D eigenvalue weighted by molar-refractivity contribution is 9.10. The molecule has 0 radical (unpaired) electrons. The minimum atomic E-state index is -1.26. The molecule has 2 aromatic carbocycles. The fourth-order valence-corrected chi connectivity index (χ4v) is 2.58. The van der Waals surface area contributed by atoms with E-state index in [-0.39, 0.29) is 25.8 Å². The predicted octanol–water partition coefficient (Wildman–Crippen LogP) is 4.58. The maximum absolute atomic E-state index is 14.0. The summed E-state index contributed by atoms with van der Waals surface area (Å²) < 4.78 is 32.9. The molecule has 0 saturated heterocycles. The zero-order valence-electron chi connectivity index (χ0n) is 10.3. The zero-order chi connectivity index (χ0) is 14.9. The minimum Gasteiger partial charge on any atom is -0.496 e. The van der Waals surface area contributed by atoms with Crippen molar-refractivity contribution in [3.63, 3.8) is 0 Å². The molecule has 1 atom stereocenters. The SMILES string of the molecule is COc1cc(F)c(Br)cc1C(O)c1cccc(Br)c1F. The molecule has 0 aromatic heterocycles. The van der Waals surface area contributed by atoms with Gasteiger partial charge in [-0.3, -0.25) is 0 Å². The van der Waals surface area contributed by atoms with Crippen LogP contribution in [-0.2, 0) is 0 Å². The van der Waals surface area contributed by atoms with E-state index in [4.69, 9.17) is 4.74 Å². The quantitative estimate of drug-likeness (QED) is 0.806. The van der Waals surface area contributed by atoms with E-state index < -0.39 is 17.7 Å². The number of benzene rings is 2. The molecule has 0 aliphatic rings. The number of rotatable bonds is 3. The third kappa shape index (κ3) is 2.87. The Kier molecular flexibility index (Phi) is 4.78. The standard InChI is InChI=1S/C14H10Br2F2O2/c1-20-12-6-11(17)10(16)5-8(12)14(19)7-3-2-4-9(15)13(7)18/h2-6,14,19H,1H3. The minimum absolute atomic E-state index is 0.0798. The van der Waals surface area contributed by atoms with E-state index in [0.29, 0.717) is 0 Å².